The molecule has 0 aliphatic rings. The average Bonchev–Trinajstić information content (AvgIpc) is 3.03. The van der Waals surface area contributed by atoms with Crippen LogP contribution in [0.1, 0.15) is 64.8 Å². The highest BCUT2D eigenvalue weighted by molar-refractivity contribution is 5.94. The van der Waals surface area contributed by atoms with Crippen LogP contribution >= 0.6 is 0 Å². The quantitative estimate of drug-likeness (QED) is 0.721. The molecule has 0 saturated carbocycles. The number of benzene rings is 1. The van der Waals surface area contributed by atoms with E-state index in [1.165, 1.54) is 5.56 Å². The largest absolute Gasteiger partial charge is 0.333 e. The van der Waals surface area contributed by atoms with Gasteiger partial charge < -0.3 is 10.2 Å². The Kier molecular flexibility index (Phi) is 7.45. The molecule has 0 fully saturated rings. The molecule has 0 spiro atoms. The fraction of sp³-hybridized carbons (Fsp3) is 0.542. The molecule has 2 rings (SSSR count). The molecule has 2 aromatic rings. The van der Waals surface area contributed by atoms with Crippen LogP contribution in [0, 0.1) is 19.8 Å². The van der Waals surface area contributed by atoms with Crippen molar-refractivity contribution in [2.45, 2.75) is 67.2 Å². The van der Waals surface area contributed by atoms with E-state index in [9.17, 15) is 9.59 Å². The lowest BCUT2D eigenvalue weighted by Gasteiger charge is -2.23. The van der Waals surface area contributed by atoms with Crippen molar-refractivity contribution < 1.29 is 9.59 Å². The summed E-state index contributed by atoms with van der Waals surface area (Å²) >= 11 is 0. The van der Waals surface area contributed by atoms with Crippen LogP contribution in [0.15, 0.2) is 24.3 Å². The third kappa shape index (κ3) is 5.94. The maximum Gasteiger partial charge on any atom is 0.245 e. The summed E-state index contributed by atoms with van der Waals surface area (Å²) in [6.45, 7) is 16.9. The predicted molar refractivity (Wildman–Crippen MR) is 122 cm³/mol. The van der Waals surface area contributed by atoms with E-state index in [0.717, 1.165) is 16.9 Å². The summed E-state index contributed by atoms with van der Waals surface area (Å²) < 4.78 is 1.79. The van der Waals surface area contributed by atoms with Gasteiger partial charge in [0.1, 0.15) is 5.82 Å². The topological polar surface area (TPSA) is 67.2 Å². The highest BCUT2D eigenvalue weighted by Crippen LogP contribution is 2.27. The van der Waals surface area contributed by atoms with E-state index in [-0.39, 0.29) is 23.8 Å². The van der Waals surface area contributed by atoms with E-state index in [2.05, 4.69) is 39.1 Å². The molecule has 6 nitrogen and oxygen atoms in total. The molecular formula is C24H36N4O2. The fourth-order valence-corrected chi connectivity index (χ4v) is 3.34. The Bertz CT molecular complexity index is 906. The Morgan fingerprint density at radius 3 is 2.37 bits per heavy atom. The van der Waals surface area contributed by atoms with Gasteiger partial charge in [-0.05, 0) is 31.4 Å². The third-order valence-corrected chi connectivity index (χ3v) is 4.90. The number of nitrogens with one attached hydrogen (secondary N) is 1. The molecular weight excluding hydrogens is 376 g/mol. The number of nitrogens with zero attached hydrogens (tertiary/aromatic N) is 3. The van der Waals surface area contributed by atoms with Crippen molar-refractivity contribution in [1.29, 1.82) is 0 Å². The van der Waals surface area contributed by atoms with Gasteiger partial charge in [-0.25, -0.2) is 4.68 Å². The molecule has 0 bridgehead atoms. The summed E-state index contributed by atoms with van der Waals surface area (Å²) in [7, 11) is 0. The van der Waals surface area contributed by atoms with Crippen LogP contribution in [-0.4, -0.2) is 39.6 Å². The van der Waals surface area contributed by atoms with Crippen molar-refractivity contribution in [3.05, 3.63) is 41.1 Å². The van der Waals surface area contributed by atoms with Crippen molar-refractivity contribution in [2.24, 2.45) is 5.92 Å². The van der Waals surface area contributed by atoms with Crippen molar-refractivity contribution in [3.63, 3.8) is 0 Å². The summed E-state index contributed by atoms with van der Waals surface area (Å²) in [6.07, 6.45) is 0.384. The first-order chi connectivity index (χ1) is 13.9. The maximum atomic E-state index is 12.9. The number of aromatic nitrogens is 2. The van der Waals surface area contributed by atoms with Crippen molar-refractivity contribution in [1.82, 2.24) is 14.7 Å². The second-order valence-electron chi connectivity index (χ2n) is 9.44. The monoisotopic (exact) mass is 412 g/mol. The molecule has 1 N–H and O–H groups in total. The van der Waals surface area contributed by atoms with Gasteiger partial charge in [0.2, 0.25) is 11.8 Å². The van der Waals surface area contributed by atoms with Gasteiger partial charge in [0.25, 0.3) is 0 Å². The second kappa shape index (κ2) is 9.45. The average molecular weight is 413 g/mol. The summed E-state index contributed by atoms with van der Waals surface area (Å²) in [5.74, 6) is 0.674. The molecule has 0 unspecified atom stereocenters. The van der Waals surface area contributed by atoms with E-state index >= 15 is 0 Å². The molecule has 164 valence electrons. The normalized spacial score (nSPS) is 11.6. The summed E-state index contributed by atoms with van der Waals surface area (Å²) in [5, 5.41) is 7.79. The molecule has 0 aliphatic heterocycles. The molecule has 1 heterocycles. The van der Waals surface area contributed by atoms with Gasteiger partial charge in [-0.2, -0.15) is 5.10 Å². The van der Waals surface area contributed by atoms with Crippen LogP contribution in [0.4, 0.5) is 5.82 Å². The number of anilines is 1. The van der Waals surface area contributed by atoms with Gasteiger partial charge in [0.15, 0.2) is 0 Å². The Balaban J connectivity index is 2.36. The molecule has 1 aromatic heterocycles. The zero-order valence-corrected chi connectivity index (χ0v) is 19.7. The minimum atomic E-state index is -0.219. The number of aryl methyl sites for hydroxylation is 2. The molecule has 0 atom stereocenters. The zero-order chi connectivity index (χ0) is 22.6. The summed E-state index contributed by atoms with van der Waals surface area (Å²) in [4.78, 5) is 26.8. The van der Waals surface area contributed by atoms with Crippen molar-refractivity contribution >= 4 is 17.6 Å². The summed E-state index contributed by atoms with van der Waals surface area (Å²) in [6, 6.07) is 8.08. The van der Waals surface area contributed by atoms with E-state index in [1.54, 1.807) is 9.58 Å². The minimum Gasteiger partial charge on any atom is -0.333 e. The highest BCUT2D eigenvalue weighted by atomic mass is 16.2. The van der Waals surface area contributed by atoms with Crippen LogP contribution < -0.4 is 5.32 Å². The second-order valence-corrected chi connectivity index (χ2v) is 9.44. The molecule has 1 aromatic carbocycles. The van der Waals surface area contributed by atoms with Gasteiger partial charge in [0.05, 0.1) is 17.9 Å². The van der Waals surface area contributed by atoms with Gasteiger partial charge in [0, 0.05) is 24.4 Å². The van der Waals surface area contributed by atoms with Crippen LogP contribution in [0.2, 0.25) is 0 Å². The number of carbonyl (C=O) groups excluding carboxylic acids is 2. The zero-order valence-electron chi connectivity index (χ0n) is 19.7. The lowest BCUT2D eigenvalue weighted by atomic mass is 9.92. The van der Waals surface area contributed by atoms with Gasteiger partial charge in [-0.15, -0.1) is 0 Å². The molecule has 0 radical (unpaired) electrons. The van der Waals surface area contributed by atoms with Gasteiger partial charge >= 0.3 is 0 Å². The SMILES string of the molecule is CCC(=O)N(CC(=O)Nc1cc(C(C)(C)C)nn1-c1ccc(C)cc1C)CC(C)C. The molecule has 0 aliphatic carbocycles. The molecule has 30 heavy (non-hydrogen) atoms. The van der Waals surface area contributed by atoms with Crippen LogP contribution in [0.25, 0.3) is 5.69 Å². The van der Waals surface area contributed by atoms with Crippen LogP contribution in [0.5, 0.6) is 0 Å². The Labute approximate surface area is 180 Å². The molecule has 0 saturated heterocycles. The number of hydrogen-bond donors (Lipinski definition) is 1. The predicted octanol–water partition coefficient (Wildman–Crippen LogP) is 4.62. The van der Waals surface area contributed by atoms with Crippen LogP contribution in [-0.2, 0) is 15.0 Å². The van der Waals surface area contributed by atoms with Crippen LogP contribution in [0.3, 0.4) is 0 Å². The first kappa shape index (κ1) is 23.6. The summed E-state index contributed by atoms with van der Waals surface area (Å²) in [5.41, 5.74) is 3.91. The Morgan fingerprint density at radius 1 is 1.17 bits per heavy atom. The maximum absolute atomic E-state index is 12.9. The fourth-order valence-electron chi connectivity index (χ4n) is 3.34. The molecule has 2 amide bonds. The molecule has 6 heteroatoms. The van der Waals surface area contributed by atoms with E-state index in [0.29, 0.717) is 24.7 Å². The smallest absolute Gasteiger partial charge is 0.245 e. The van der Waals surface area contributed by atoms with E-state index < -0.39 is 0 Å². The standard InChI is InChI=1S/C24H36N4O2/c1-9-23(30)27(14-16(2)3)15-22(29)25-21-13-20(24(6,7)8)26-28(21)19-11-10-17(4)12-18(19)5/h10-13,16H,9,14-15H2,1-8H3,(H,25,29). The van der Waals surface area contributed by atoms with Gasteiger partial charge in [-0.3, -0.25) is 9.59 Å². The number of rotatable bonds is 7. The number of amides is 2. The van der Waals surface area contributed by atoms with E-state index in [4.69, 9.17) is 5.10 Å². The van der Waals surface area contributed by atoms with E-state index in [1.807, 2.05) is 45.9 Å². The minimum absolute atomic E-state index is 0.0166. The highest BCUT2D eigenvalue weighted by Gasteiger charge is 2.23. The Morgan fingerprint density at radius 2 is 1.83 bits per heavy atom. The van der Waals surface area contributed by atoms with Crippen molar-refractivity contribution in [2.75, 3.05) is 18.4 Å². The number of hydrogen-bond acceptors (Lipinski definition) is 3. The first-order valence-electron chi connectivity index (χ1n) is 10.7. The third-order valence-electron chi connectivity index (χ3n) is 4.90. The van der Waals surface area contributed by atoms with Gasteiger partial charge in [-0.1, -0.05) is 59.2 Å². The number of carbonyl (C=O) groups is 2. The Hall–Kier alpha value is -2.63. The van der Waals surface area contributed by atoms with Crippen molar-refractivity contribution in [3.8, 4) is 5.69 Å². The lowest BCUT2D eigenvalue weighted by Crippen LogP contribution is -2.40. The lowest BCUT2D eigenvalue weighted by molar-refractivity contribution is -0.134. The first-order valence-corrected chi connectivity index (χ1v) is 10.7.